The molecule has 0 bridgehead atoms. The van der Waals surface area contributed by atoms with Crippen molar-refractivity contribution in [2.45, 2.75) is 19.8 Å². The average Bonchev–Trinajstić information content (AvgIpc) is 2.41. The van der Waals surface area contributed by atoms with Crippen LogP contribution in [0.15, 0.2) is 0 Å². The van der Waals surface area contributed by atoms with Gasteiger partial charge in [-0.2, -0.15) is 10.1 Å². The average molecular weight is 184 g/mol. The standard InChI is InChI=1S/C8H16N4O/c1-3-13-6-4-5-7-10-8(9)12(2)11-7/h3-6H2,1-2H3,(H2,9,10,11). The SMILES string of the molecule is CCOCCCc1nc(N)n(C)n1. The second-order valence-electron chi connectivity index (χ2n) is 2.81. The van der Waals surface area contributed by atoms with E-state index in [-0.39, 0.29) is 0 Å². The number of aryl methyl sites for hydroxylation is 2. The quantitative estimate of drug-likeness (QED) is 0.671. The van der Waals surface area contributed by atoms with Crippen LogP contribution in [0, 0.1) is 0 Å². The second kappa shape index (κ2) is 4.81. The zero-order chi connectivity index (χ0) is 9.68. The summed E-state index contributed by atoms with van der Waals surface area (Å²) in [6.07, 6.45) is 1.77. The van der Waals surface area contributed by atoms with E-state index in [4.69, 9.17) is 10.5 Å². The first-order valence-electron chi connectivity index (χ1n) is 4.47. The summed E-state index contributed by atoms with van der Waals surface area (Å²) in [6.45, 7) is 3.50. The zero-order valence-electron chi connectivity index (χ0n) is 8.16. The van der Waals surface area contributed by atoms with Crippen LogP contribution in [0.2, 0.25) is 0 Å². The molecule has 0 saturated heterocycles. The fourth-order valence-corrected chi connectivity index (χ4v) is 1.03. The molecule has 2 N–H and O–H groups in total. The molecule has 0 saturated carbocycles. The van der Waals surface area contributed by atoms with Gasteiger partial charge in [0.25, 0.3) is 0 Å². The molecule has 1 aromatic heterocycles. The molecule has 1 heterocycles. The van der Waals surface area contributed by atoms with Crippen molar-refractivity contribution in [1.82, 2.24) is 14.8 Å². The molecule has 5 nitrogen and oxygen atoms in total. The fourth-order valence-electron chi connectivity index (χ4n) is 1.03. The molecule has 0 fully saturated rings. The Morgan fingerprint density at radius 3 is 2.85 bits per heavy atom. The maximum absolute atomic E-state index is 5.53. The Balaban J connectivity index is 2.29. The van der Waals surface area contributed by atoms with Gasteiger partial charge in [0.05, 0.1) is 0 Å². The lowest BCUT2D eigenvalue weighted by Crippen LogP contribution is -1.98. The molecule has 0 unspecified atom stereocenters. The van der Waals surface area contributed by atoms with Crippen molar-refractivity contribution in [3.05, 3.63) is 5.82 Å². The van der Waals surface area contributed by atoms with E-state index in [9.17, 15) is 0 Å². The molecule has 5 heteroatoms. The Hall–Kier alpha value is -1.10. The van der Waals surface area contributed by atoms with E-state index in [1.807, 2.05) is 6.92 Å². The summed E-state index contributed by atoms with van der Waals surface area (Å²) in [4.78, 5) is 4.08. The van der Waals surface area contributed by atoms with Gasteiger partial charge in [-0.3, -0.25) is 0 Å². The lowest BCUT2D eigenvalue weighted by molar-refractivity contribution is 0.145. The lowest BCUT2D eigenvalue weighted by atomic mass is 10.3. The molecule has 0 aromatic carbocycles. The number of nitrogens with two attached hydrogens (primary N) is 1. The Labute approximate surface area is 77.9 Å². The van der Waals surface area contributed by atoms with Crippen molar-refractivity contribution in [1.29, 1.82) is 0 Å². The normalized spacial score (nSPS) is 10.6. The van der Waals surface area contributed by atoms with Crippen molar-refractivity contribution in [3.8, 4) is 0 Å². The number of rotatable bonds is 5. The van der Waals surface area contributed by atoms with E-state index >= 15 is 0 Å². The highest BCUT2D eigenvalue weighted by atomic mass is 16.5. The number of anilines is 1. The van der Waals surface area contributed by atoms with E-state index in [2.05, 4.69) is 10.1 Å². The van der Waals surface area contributed by atoms with Crippen LogP contribution in [0.5, 0.6) is 0 Å². The van der Waals surface area contributed by atoms with Crippen LogP contribution in [0.3, 0.4) is 0 Å². The number of ether oxygens (including phenoxy) is 1. The largest absolute Gasteiger partial charge is 0.382 e. The van der Waals surface area contributed by atoms with Crippen molar-refractivity contribution in [3.63, 3.8) is 0 Å². The first-order valence-corrected chi connectivity index (χ1v) is 4.47. The molecule has 0 aliphatic heterocycles. The van der Waals surface area contributed by atoms with E-state index in [0.717, 1.165) is 31.9 Å². The van der Waals surface area contributed by atoms with Crippen LogP contribution in [0.4, 0.5) is 5.95 Å². The topological polar surface area (TPSA) is 66.0 Å². The Morgan fingerprint density at radius 1 is 1.54 bits per heavy atom. The lowest BCUT2D eigenvalue weighted by Gasteiger charge is -1.97. The number of hydrogen-bond acceptors (Lipinski definition) is 4. The predicted molar refractivity (Wildman–Crippen MR) is 50.2 cm³/mol. The molecule has 0 atom stereocenters. The van der Waals surface area contributed by atoms with E-state index in [1.54, 1.807) is 11.7 Å². The molecule has 0 amide bonds. The molecule has 0 radical (unpaired) electrons. The molecule has 0 aliphatic rings. The summed E-state index contributed by atoms with van der Waals surface area (Å²) in [7, 11) is 1.79. The van der Waals surface area contributed by atoms with Gasteiger partial charge in [0.15, 0.2) is 5.82 Å². The smallest absolute Gasteiger partial charge is 0.218 e. The summed E-state index contributed by atoms with van der Waals surface area (Å²) < 4.78 is 6.78. The predicted octanol–water partition coefficient (Wildman–Crippen LogP) is 0.366. The molecule has 13 heavy (non-hydrogen) atoms. The highest BCUT2D eigenvalue weighted by molar-refractivity contribution is 5.15. The first kappa shape index (κ1) is 9.98. The highest BCUT2D eigenvalue weighted by Crippen LogP contribution is 2.00. The minimum absolute atomic E-state index is 0.464. The summed E-state index contributed by atoms with van der Waals surface area (Å²) >= 11 is 0. The van der Waals surface area contributed by atoms with E-state index in [1.165, 1.54) is 0 Å². The first-order chi connectivity index (χ1) is 6.24. The van der Waals surface area contributed by atoms with Gasteiger partial charge in [0, 0.05) is 26.7 Å². The van der Waals surface area contributed by atoms with Crippen molar-refractivity contribution in [2.24, 2.45) is 7.05 Å². The third-order valence-corrected chi connectivity index (χ3v) is 1.73. The molecule has 1 rings (SSSR count). The summed E-state index contributed by atoms with van der Waals surface area (Å²) in [6, 6.07) is 0. The Morgan fingerprint density at radius 2 is 2.31 bits per heavy atom. The number of nitrogens with zero attached hydrogens (tertiary/aromatic N) is 3. The second-order valence-corrected chi connectivity index (χ2v) is 2.81. The number of aromatic nitrogens is 3. The monoisotopic (exact) mass is 184 g/mol. The number of hydrogen-bond donors (Lipinski definition) is 1. The van der Waals surface area contributed by atoms with Gasteiger partial charge >= 0.3 is 0 Å². The molecule has 74 valence electrons. The van der Waals surface area contributed by atoms with Gasteiger partial charge in [-0.25, -0.2) is 4.68 Å². The van der Waals surface area contributed by atoms with Crippen LogP contribution in [0.25, 0.3) is 0 Å². The third-order valence-electron chi connectivity index (χ3n) is 1.73. The number of nitrogen functional groups attached to an aromatic ring is 1. The Bertz CT molecular complexity index is 239. The maximum atomic E-state index is 5.53. The van der Waals surface area contributed by atoms with Gasteiger partial charge in [0.2, 0.25) is 5.95 Å². The molecule has 0 spiro atoms. The molecule has 1 aromatic rings. The van der Waals surface area contributed by atoms with Crippen molar-refractivity contribution >= 4 is 5.95 Å². The molecular weight excluding hydrogens is 168 g/mol. The summed E-state index contributed by atoms with van der Waals surface area (Å²) in [5, 5.41) is 4.13. The van der Waals surface area contributed by atoms with Crippen LogP contribution in [-0.4, -0.2) is 28.0 Å². The van der Waals surface area contributed by atoms with E-state index in [0.29, 0.717) is 5.95 Å². The zero-order valence-corrected chi connectivity index (χ0v) is 8.16. The van der Waals surface area contributed by atoms with Crippen LogP contribution < -0.4 is 5.73 Å². The third kappa shape index (κ3) is 3.02. The molecular formula is C8H16N4O. The minimum atomic E-state index is 0.464. The van der Waals surface area contributed by atoms with Crippen LogP contribution >= 0.6 is 0 Å². The van der Waals surface area contributed by atoms with Crippen LogP contribution in [0.1, 0.15) is 19.2 Å². The highest BCUT2D eigenvalue weighted by Gasteiger charge is 2.02. The van der Waals surface area contributed by atoms with Gasteiger partial charge < -0.3 is 10.5 Å². The van der Waals surface area contributed by atoms with Crippen molar-refractivity contribution in [2.75, 3.05) is 18.9 Å². The van der Waals surface area contributed by atoms with E-state index < -0.39 is 0 Å². The van der Waals surface area contributed by atoms with Gasteiger partial charge in [0.1, 0.15) is 0 Å². The minimum Gasteiger partial charge on any atom is -0.382 e. The van der Waals surface area contributed by atoms with Gasteiger partial charge in [-0.15, -0.1) is 0 Å². The van der Waals surface area contributed by atoms with Crippen LogP contribution in [-0.2, 0) is 18.2 Å². The summed E-state index contributed by atoms with van der Waals surface area (Å²) in [5.41, 5.74) is 5.53. The fraction of sp³-hybridized carbons (Fsp3) is 0.750. The maximum Gasteiger partial charge on any atom is 0.218 e. The summed E-state index contributed by atoms with van der Waals surface area (Å²) in [5.74, 6) is 1.26. The van der Waals surface area contributed by atoms with Gasteiger partial charge in [-0.05, 0) is 13.3 Å². The van der Waals surface area contributed by atoms with Gasteiger partial charge in [-0.1, -0.05) is 0 Å². The molecule has 0 aliphatic carbocycles. The Kier molecular flexibility index (Phi) is 3.70. The van der Waals surface area contributed by atoms with Crippen molar-refractivity contribution < 1.29 is 4.74 Å².